The summed E-state index contributed by atoms with van der Waals surface area (Å²) in [7, 11) is 1.64. The van der Waals surface area contributed by atoms with E-state index in [1.807, 2.05) is 71.8 Å². The number of ether oxygens (including phenoxy) is 1. The summed E-state index contributed by atoms with van der Waals surface area (Å²) >= 11 is 1.43. The highest BCUT2D eigenvalue weighted by Crippen LogP contribution is 2.36. The minimum absolute atomic E-state index is 0.00818. The molecule has 0 bridgehead atoms. The summed E-state index contributed by atoms with van der Waals surface area (Å²) in [4.78, 5) is 6.58. The molecule has 0 saturated heterocycles. The molecule has 2 heterocycles. The number of hydrogen-bond acceptors (Lipinski definition) is 5. The van der Waals surface area contributed by atoms with Crippen LogP contribution in [0.3, 0.4) is 0 Å². The van der Waals surface area contributed by atoms with Crippen molar-refractivity contribution in [2.75, 3.05) is 13.7 Å². The first-order chi connectivity index (χ1) is 13.6. The number of aromatic nitrogens is 1. The van der Waals surface area contributed by atoms with Gasteiger partial charge in [-0.15, -0.1) is 11.3 Å². The number of nitrogens with one attached hydrogen (secondary N) is 1. The van der Waals surface area contributed by atoms with Crippen LogP contribution in [0.1, 0.15) is 23.5 Å². The molecule has 142 valence electrons. The van der Waals surface area contributed by atoms with Crippen molar-refractivity contribution in [1.29, 1.82) is 5.41 Å². The van der Waals surface area contributed by atoms with E-state index in [4.69, 9.17) is 10.1 Å². The van der Waals surface area contributed by atoms with Gasteiger partial charge in [0, 0.05) is 10.9 Å². The normalized spacial score (nSPS) is 15.2. The van der Waals surface area contributed by atoms with Gasteiger partial charge in [-0.25, -0.2) is 4.98 Å². The Bertz CT molecular complexity index is 1040. The fourth-order valence-electron chi connectivity index (χ4n) is 3.37. The summed E-state index contributed by atoms with van der Waals surface area (Å²) in [5.41, 5.74) is 3.38. The number of thiazole rings is 1. The van der Waals surface area contributed by atoms with Crippen molar-refractivity contribution >= 4 is 22.7 Å². The van der Waals surface area contributed by atoms with Gasteiger partial charge in [-0.05, 0) is 24.6 Å². The quantitative estimate of drug-likeness (QED) is 0.632. The summed E-state index contributed by atoms with van der Waals surface area (Å²) in [5, 5.41) is 21.8. The van der Waals surface area contributed by atoms with E-state index in [1.54, 1.807) is 7.11 Å². The lowest BCUT2D eigenvalue weighted by atomic mass is 10.1. The molecule has 1 atom stereocenters. The fraction of sp³-hybridized carbons (Fsp3) is 0.182. The zero-order valence-electron chi connectivity index (χ0n) is 15.7. The molecule has 1 unspecified atom stereocenters. The van der Waals surface area contributed by atoms with Crippen LogP contribution in [0.5, 0.6) is 5.75 Å². The number of methoxy groups -OCH3 is 1. The molecule has 0 saturated carbocycles. The third-order valence-electron chi connectivity index (χ3n) is 4.97. The Labute approximate surface area is 168 Å². The molecule has 0 fully saturated rings. The van der Waals surface area contributed by atoms with Crippen LogP contribution < -0.4 is 4.74 Å². The first-order valence-corrected chi connectivity index (χ1v) is 9.89. The molecule has 0 spiro atoms. The second-order valence-electron chi connectivity index (χ2n) is 6.65. The van der Waals surface area contributed by atoms with Crippen molar-refractivity contribution in [3.8, 4) is 17.0 Å². The second-order valence-corrected chi connectivity index (χ2v) is 7.51. The second kappa shape index (κ2) is 7.48. The maximum atomic E-state index is 10.6. The highest BCUT2D eigenvalue weighted by atomic mass is 32.1. The standard InChI is InChI=1S/C22H21N3O2S/c1-14(15-7-4-3-5-8-15)25-12-19(26)20(21(25)23)22-24-18(13-28-22)16-9-6-10-17(11-16)27-2/h3-11,13-14,23,26H,12H2,1-2H3. The van der Waals surface area contributed by atoms with Crippen molar-refractivity contribution in [2.24, 2.45) is 0 Å². The molecular formula is C22H21N3O2S. The third kappa shape index (κ3) is 3.27. The first-order valence-electron chi connectivity index (χ1n) is 9.01. The largest absolute Gasteiger partial charge is 0.510 e. The van der Waals surface area contributed by atoms with Crippen LogP contribution in [0.2, 0.25) is 0 Å². The lowest BCUT2D eigenvalue weighted by molar-refractivity contribution is 0.310. The number of aliphatic hydroxyl groups excluding tert-OH is 1. The van der Waals surface area contributed by atoms with Crippen molar-refractivity contribution in [2.45, 2.75) is 13.0 Å². The molecule has 6 heteroatoms. The third-order valence-corrected chi connectivity index (χ3v) is 5.83. The topological polar surface area (TPSA) is 69.4 Å². The van der Waals surface area contributed by atoms with Crippen LogP contribution in [-0.4, -0.2) is 34.5 Å². The summed E-state index contributed by atoms with van der Waals surface area (Å²) < 4.78 is 5.29. The van der Waals surface area contributed by atoms with Gasteiger partial charge >= 0.3 is 0 Å². The molecule has 28 heavy (non-hydrogen) atoms. The maximum absolute atomic E-state index is 10.6. The monoisotopic (exact) mass is 391 g/mol. The maximum Gasteiger partial charge on any atom is 0.135 e. The summed E-state index contributed by atoms with van der Waals surface area (Å²) in [6.45, 7) is 2.36. The Hall–Kier alpha value is -3.12. The molecule has 3 aromatic rings. The van der Waals surface area contributed by atoms with Crippen LogP contribution in [0.4, 0.5) is 0 Å². The summed E-state index contributed by atoms with van der Waals surface area (Å²) in [5.74, 6) is 1.27. The molecule has 2 N–H and O–H groups in total. The SMILES string of the molecule is COc1cccc(-c2csc(C3=C(O)CN(C(C)c4ccccc4)C3=N)n2)c1. The van der Waals surface area contributed by atoms with E-state index in [2.05, 4.69) is 4.98 Å². The molecule has 1 aliphatic rings. The van der Waals surface area contributed by atoms with Crippen LogP contribution in [0.25, 0.3) is 16.8 Å². The minimum Gasteiger partial charge on any atom is -0.510 e. The van der Waals surface area contributed by atoms with Crippen molar-refractivity contribution in [1.82, 2.24) is 9.88 Å². The van der Waals surface area contributed by atoms with Gasteiger partial charge in [0.1, 0.15) is 22.4 Å². The number of benzene rings is 2. The predicted molar refractivity (Wildman–Crippen MR) is 113 cm³/mol. The molecule has 0 aliphatic carbocycles. The zero-order valence-corrected chi connectivity index (χ0v) is 16.5. The van der Waals surface area contributed by atoms with Crippen LogP contribution in [-0.2, 0) is 0 Å². The van der Waals surface area contributed by atoms with E-state index in [1.165, 1.54) is 11.3 Å². The van der Waals surface area contributed by atoms with Crippen LogP contribution in [0, 0.1) is 5.41 Å². The van der Waals surface area contributed by atoms with Gasteiger partial charge in [-0.1, -0.05) is 42.5 Å². The first kappa shape index (κ1) is 18.3. The number of rotatable bonds is 5. The zero-order chi connectivity index (χ0) is 19.7. The van der Waals surface area contributed by atoms with Crippen LogP contribution in [0.15, 0.2) is 65.7 Å². The average molecular weight is 391 g/mol. The molecule has 5 nitrogen and oxygen atoms in total. The molecule has 1 aromatic heterocycles. The van der Waals surface area contributed by atoms with Gasteiger partial charge in [0.2, 0.25) is 0 Å². The number of aliphatic hydroxyl groups is 1. The van der Waals surface area contributed by atoms with E-state index in [0.717, 1.165) is 22.6 Å². The van der Waals surface area contributed by atoms with E-state index >= 15 is 0 Å². The van der Waals surface area contributed by atoms with Crippen LogP contribution >= 0.6 is 11.3 Å². The highest BCUT2D eigenvalue weighted by Gasteiger charge is 2.33. The molecule has 0 amide bonds. The Kier molecular flexibility index (Phi) is 4.88. The lowest BCUT2D eigenvalue weighted by Crippen LogP contribution is -2.29. The highest BCUT2D eigenvalue weighted by molar-refractivity contribution is 7.11. The van der Waals surface area contributed by atoms with Crippen molar-refractivity contribution in [3.05, 3.63) is 76.3 Å². The number of nitrogens with zero attached hydrogens (tertiary/aromatic N) is 2. The minimum atomic E-state index is -0.00818. The van der Waals surface area contributed by atoms with Crippen molar-refractivity contribution < 1.29 is 9.84 Å². The van der Waals surface area contributed by atoms with E-state index < -0.39 is 0 Å². The average Bonchev–Trinajstić information content (AvgIpc) is 3.32. The lowest BCUT2D eigenvalue weighted by Gasteiger charge is -2.26. The van der Waals surface area contributed by atoms with E-state index in [9.17, 15) is 5.11 Å². The van der Waals surface area contributed by atoms with Gasteiger partial charge in [0.05, 0.1) is 31.0 Å². The number of hydrogen-bond donors (Lipinski definition) is 2. The van der Waals surface area contributed by atoms with Gasteiger partial charge in [0.15, 0.2) is 0 Å². The molecule has 4 rings (SSSR count). The molecular weight excluding hydrogens is 370 g/mol. The Morgan fingerprint density at radius 3 is 2.71 bits per heavy atom. The summed E-state index contributed by atoms with van der Waals surface area (Å²) in [6, 6.07) is 17.7. The smallest absolute Gasteiger partial charge is 0.135 e. The summed E-state index contributed by atoms with van der Waals surface area (Å²) in [6.07, 6.45) is 0. The van der Waals surface area contributed by atoms with Crippen molar-refractivity contribution in [3.63, 3.8) is 0 Å². The van der Waals surface area contributed by atoms with Gasteiger partial charge in [-0.3, -0.25) is 5.41 Å². The number of amidine groups is 1. The van der Waals surface area contributed by atoms with Gasteiger partial charge in [0.25, 0.3) is 0 Å². The van der Waals surface area contributed by atoms with E-state index in [0.29, 0.717) is 23.0 Å². The Morgan fingerprint density at radius 2 is 1.96 bits per heavy atom. The Balaban J connectivity index is 1.60. The van der Waals surface area contributed by atoms with Gasteiger partial charge in [-0.2, -0.15) is 0 Å². The molecule has 1 aliphatic heterocycles. The fourth-order valence-corrected chi connectivity index (χ4v) is 4.27. The van der Waals surface area contributed by atoms with Gasteiger partial charge < -0.3 is 14.7 Å². The molecule has 0 radical (unpaired) electrons. The van der Waals surface area contributed by atoms with E-state index in [-0.39, 0.29) is 11.8 Å². The molecule has 2 aromatic carbocycles. The predicted octanol–water partition coefficient (Wildman–Crippen LogP) is 5.14. The Morgan fingerprint density at radius 1 is 1.18 bits per heavy atom.